The number of aromatic nitrogens is 4. The third-order valence-corrected chi connectivity index (χ3v) is 4.42. The Balaban J connectivity index is 1.69. The number of fused-ring (bicyclic) bond motifs is 1. The highest BCUT2D eigenvalue weighted by Gasteiger charge is 2.24. The predicted octanol–water partition coefficient (Wildman–Crippen LogP) is 2.81. The number of hydrogen-bond donors (Lipinski definition) is 2. The fourth-order valence-corrected chi connectivity index (χ4v) is 3.29. The van der Waals surface area contributed by atoms with Crippen molar-refractivity contribution in [3.05, 3.63) is 12.7 Å². The van der Waals surface area contributed by atoms with Crippen LogP contribution in [0, 0.1) is 11.8 Å². The van der Waals surface area contributed by atoms with Crippen LogP contribution in [0.5, 0.6) is 0 Å². The number of nitrogens with zero attached hydrogens (tertiary/aromatic N) is 3. The fourth-order valence-electron chi connectivity index (χ4n) is 2.88. The summed E-state index contributed by atoms with van der Waals surface area (Å²) in [5.41, 5.74) is 1.58. The van der Waals surface area contributed by atoms with Crippen molar-refractivity contribution in [1.29, 1.82) is 0 Å². The highest BCUT2D eigenvalue weighted by atomic mass is 35.5. The number of H-pyrrole nitrogens is 1. The van der Waals surface area contributed by atoms with Gasteiger partial charge in [-0.15, -0.1) is 11.6 Å². The molecule has 2 atom stereocenters. The first-order valence-corrected chi connectivity index (χ1v) is 7.36. The zero-order chi connectivity index (χ0) is 13.1. The molecule has 102 valence electrons. The molecule has 5 nitrogen and oxygen atoms in total. The summed E-state index contributed by atoms with van der Waals surface area (Å²) in [5, 5.41) is 3.43. The van der Waals surface area contributed by atoms with Crippen LogP contribution in [0.25, 0.3) is 11.2 Å². The first-order valence-electron chi connectivity index (χ1n) is 6.82. The van der Waals surface area contributed by atoms with Crippen LogP contribution in [0.3, 0.4) is 0 Å². The van der Waals surface area contributed by atoms with E-state index in [1.165, 1.54) is 25.7 Å². The smallest absolute Gasteiger partial charge is 0.182 e. The number of halogens is 1. The summed E-state index contributed by atoms with van der Waals surface area (Å²) >= 11 is 6.06. The van der Waals surface area contributed by atoms with Gasteiger partial charge in [0.2, 0.25) is 0 Å². The van der Waals surface area contributed by atoms with E-state index < -0.39 is 0 Å². The molecule has 6 heteroatoms. The Morgan fingerprint density at radius 3 is 2.89 bits per heavy atom. The minimum absolute atomic E-state index is 0.627. The number of aromatic amines is 1. The molecule has 0 aliphatic heterocycles. The second kappa shape index (κ2) is 5.74. The molecule has 0 saturated heterocycles. The standard InChI is InChI=1S/C13H18ClN5/c14-5-9-3-1-2-4-10(9)6-15-12-11-13(17-7-16-11)19-8-18-12/h7-10H,1-6H2,(H2,15,16,17,18,19). The average molecular weight is 280 g/mol. The van der Waals surface area contributed by atoms with Crippen molar-refractivity contribution in [1.82, 2.24) is 19.9 Å². The van der Waals surface area contributed by atoms with Gasteiger partial charge in [-0.05, 0) is 24.7 Å². The summed E-state index contributed by atoms with van der Waals surface area (Å²) in [4.78, 5) is 15.6. The Labute approximate surface area is 117 Å². The van der Waals surface area contributed by atoms with Gasteiger partial charge < -0.3 is 10.3 Å². The molecule has 19 heavy (non-hydrogen) atoms. The largest absolute Gasteiger partial charge is 0.368 e. The molecule has 2 aromatic heterocycles. The van der Waals surface area contributed by atoms with Crippen LogP contribution in [0.2, 0.25) is 0 Å². The van der Waals surface area contributed by atoms with Crippen LogP contribution in [0.15, 0.2) is 12.7 Å². The number of nitrogens with one attached hydrogen (secondary N) is 2. The maximum absolute atomic E-state index is 6.06. The summed E-state index contributed by atoms with van der Waals surface area (Å²) in [6, 6.07) is 0. The van der Waals surface area contributed by atoms with Gasteiger partial charge in [-0.3, -0.25) is 0 Å². The van der Waals surface area contributed by atoms with E-state index in [1.54, 1.807) is 12.7 Å². The second-order valence-electron chi connectivity index (χ2n) is 5.16. The molecule has 1 saturated carbocycles. The lowest BCUT2D eigenvalue weighted by Gasteiger charge is -2.30. The van der Waals surface area contributed by atoms with Crippen molar-refractivity contribution in [2.45, 2.75) is 25.7 Å². The molecule has 2 aromatic rings. The lowest BCUT2D eigenvalue weighted by molar-refractivity contribution is 0.272. The lowest BCUT2D eigenvalue weighted by atomic mass is 9.80. The Hall–Kier alpha value is -1.36. The highest BCUT2D eigenvalue weighted by Crippen LogP contribution is 2.31. The fraction of sp³-hybridized carbons (Fsp3) is 0.615. The van der Waals surface area contributed by atoms with Gasteiger partial charge in [0.1, 0.15) is 11.8 Å². The molecule has 0 bridgehead atoms. The third kappa shape index (κ3) is 2.66. The summed E-state index contributed by atoms with van der Waals surface area (Å²) in [7, 11) is 0. The van der Waals surface area contributed by atoms with Crippen molar-refractivity contribution in [3.8, 4) is 0 Å². The van der Waals surface area contributed by atoms with Gasteiger partial charge in [0, 0.05) is 12.4 Å². The minimum Gasteiger partial charge on any atom is -0.368 e. The maximum Gasteiger partial charge on any atom is 0.182 e. The molecule has 2 N–H and O–H groups in total. The van der Waals surface area contributed by atoms with Gasteiger partial charge in [0.25, 0.3) is 0 Å². The first-order chi connectivity index (χ1) is 9.38. The number of hydrogen-bond acceptors (Lipinski definition) is 4. The summed E-state index contributed by atoms with van der Waals surface area (Å²) < 4.78 is 0. The van der Waals surface area contributed by atoms with Gasteiger partial charge in [-0.25, -0.2) is 15.0 Å². The molecule has 0 amide bonds. The zero-order valence-corrected chi connectivity index (χ0v) is 11.5. The van der Waals surface area contributed by atoms with Crippen LogP contribution in [-0.4, -0.2) is 32.4 Å². The van der Waals surface area contributed by atoms with E-state index in [9.17, 15) is 0 Å². The SMILES string of the molecule is ClCC1CCCCC1CNc1ncnc2nc[nH]c12. The normalized spacial score (nSPS) is 23.6. The molecule has 1 aliphatic rings. The number of alkyl halides is 1. The van der Waals surface area contributed by atoms with E-state index in [2.05, 4.69) is 25.3 Å². The van der Waals surface area contributed by atoms with Crippen LogP contribution < -0.4 is 5.32 Å². The predicted molar refractivity (Wildman–Crippen MR) is 76.3 cm³/mol. The van der Waals surface area contributed by atoms with Crippen molar-refractivity contribution in [2.75, 3.05) is 17.7 Å². The molecule has 2 unspecified atom stereocenters. The molecule has 0 aromatic carbocycles. The summed E-state index contributed by atoms with van der Waals surface area (Å²) in [6.45, 7) is 0.919. The van der Waals surface area contributed by atoms with Crippen LogP contribution >= 0.6 is 11.6 Å². The molecule has 1 aliphatic carbocycles. The Kier molecular flexibility index (Phi) is 3.82. The monoisotopic (exact) mass is 279 g/mol. The van der Waals surface area contributed by atoms with Crippen molar-refractivity contribution in [3.63, 3.8) is 0 Å². The molecular weight excluding hydrogens is 262 g/mol. The Morgan fingerprint density at radius 2 is 2.05 bits per heavy atom. The Bertz CT molecular complexity index is 541. The molecule has 0 spiro atoms. The van der Waals surface area contributed by atoms with E-state index in [0.29, 0.717) is 17.5 Å². The Morgan fingerprint density at radius 1 is 1.21 bits per heavy atom. The first kappa shape index (κ1) is 12.7. The highest BCUT2D eigenvalue weighted by molar-refractivity contribution is 6.18. The molecule has 0 radical (unpaired) electrons. The second-order valence-corrected chi connectivity index (χ2v) is 5.47. The third-order valence-electron chi connectivity index (χ3n) is 4.02. The number of rotatable bonds is 4. The number of anilines is 1. The van der Waals surface area contributed by atoms with E-state index in [1.807, 2.05) is 0 Å². The van der Waals surface area contributed by atoms with Crippen LogP contribution in [-0.2, 0) is 0 Å². The average Bonchev–Trinajstić information content (AvgIpc) is 2.94. The van der Waals surface area contributed by atoms with Gasteiger partial charge >= 0.3 is 0 Å². The van der Waals surface area contributed by atoms with Crippen LogP contribution in [0.4, 0.5) is 5.82 Å². The van der Waals surface area contributed by atoms with E-state index in [-0.39, 0.29) is 0 Å². The van der Waals surface area contributed by atoms with E-state index in [4.69, 9.17) is 11.6 Å². The van der Waals surface area contributed by atoms with E-state index in [0.717, 1.165) is 23.8 Å². The van der Waals surface area contributed by atoms with Crippen molar-refractivity contribution < 1.29 is 0 Å². The van der Waals surface area contributed by atoms with Gasteiger partial charge in [-0.1, -0.05) is 12.8 Å². The molecular formula is C13H18ClN5. The summed E-state index contributed by atoms with van der Waals surface area (Å²) in [5.74, 6) is 2.86. The number of imidazole rings is 1. The summed E-state index contributed by atoms with van der Waals surface area (Å²) in [6.07, 6.45) is 8.31. The minimum atomic E-state index is 0.627. The van der Waals surface area contributed by atoms with Gasteiger partial charge in [0.05, 0.1) is 6.33 Å². The van der Waals surface area contributed by atoms with E-state index >= 15 is 0 Å². The molecule has 1 fully saturated rings. The van der Waals surface area contributed by atoms with Crippen molar-refractivity contribution >= 4 is 28.6 Å². The maximum atomic E-state index is 6.06. The van der Waals surface area contributed by atoms with Crippen molar-refractivity contribution in [2.24, 2.45) is 11.8 Å². The van der Waals surface area contributed by atoms with Gasteiger partial charge in [-0.2, -0.15) is 0 Å². The molecule has 2 heterocycles. The van der Waals surface area contributed by atoms with Gasteiger partial charge in [0.15, 0.2) is 11.5 Å². The quantitative estimate of drug-likeness (QED) is 0.845. The molecule has 3 rings (SSSR count). The zero-order valence-electron chi connectivity index (χ0n) is 10.8. The lowest BCUT2D eigenvalue weighted by Crippen LogP contribution is -2.27. The topological polar surface area (TPSA) is 66.5 Å². The van der Waals surface area contributed by atoms with Crippen LogP contribution in [0.1, 0.15) is 25.7 Å².